The van der Waals surface area contributed by atoms with Crippen molar-refractivity contribution in [3.8, 4) is 0 Å². The van der Waals surface area contributed by atoms with Gasteiger partial charge < -0.3 is 20.3 Å². The van der Waals surface area contributed by atoms with Crippen LogP contribution in [0.5, 0.6) is 0 Å². The molecule has 0 radical (unpaired) electrons. The summed E-state index contributed by atoms with van der Waals surface area (Å²) in [5.41, 5.74) is 0.659. The van der Waals surface area contributed by atoms with Crippen LogP contribution in [0.15, 0.2) is 24.3 Å². The lowest BCUT2D eigenvalue weighted by molar-refractivity contribution is -0.156. The highest BCUT2D eigenvalue weighted by molar-refractivity contribution is 5.89. The Morgan fingerprint density at radius 2 is 1.96 bits per heavy atom. The van der Waals surface area contributed by atoms with E-state index in [1.54, 1.807) is 24.3 Å². The van der Waals surface area contributed by atoms with Crippen LogP contribution in [-0.4, -0.2) is 47.4 Å². The maximum atomic E-state index is 12.3. The number of carboxylic acid groups (broad SMARTS) is 1. The number of carbonyl (C=O) groups is 2. The van der Waals surface area contributed by atoms with E-state index in [1.807, 2.05) is 0 Å². The average Bonchev–Trinajstić information content (AvgIpc) is 2.60. The topological polar surface area (TPSA) is 95.9 Å². The van der Waals surface area contributed by atoms with Crippen molar-refractivity contribution in [2.45, 2.75) is 44.2 Å². The smallest absolute Gasteiger partial charge is 0.335 e. The Bertz CT molecular complexity index is 624. The van der Waals surface area contributed by atoms with Gasteiger partial charge in [0.2, 0.25) is 5.91 Å². The van der Waals surface area contributed by atoms with Gasteiger partial charge in [-0.2, -0.15) is 0 Å². The van der Waals surface area contributed by atoms with Crippen molar-refractivity contribution in [2.75, 3.05) is 13.2 Å². The van der Waals surface area contributed by atoms with Crippen molar-refractivity contribution >= 4 is 11.9 Å². The average molecular weight is 333 g/mol. The Kier molecular flexibility index (Phi) is 4.87. The zero-order valence-electron chi connectivity index (χ0n) is 13.5. The number of aliphatic hydroxyl groups excluding tert-OH is 1. The van der Waals surface area contributed by atoms with E-state index in [0.717, 1.165) is 12.8 Å². The standard InChI is InChI=1S/C18H23NO5/c20-15-11-14(18(15)7-9-24-10-8-18)19-16(21)6-5-12-3-1-2-4-13(12)17(22)23/h1-4,14-15,20H,5-11H2,(H,19,21)(H,22,23)/t14-,15-/m1/s1. The van der Waals surface area contributed by atoms with Crippen molar-refractivity contribution in [3.05, 3.63) is 35.4 Å². The highest BCUT2D eigenvalue weighted by Gasteiger charge is 2.55. The van der Waals surface area contributed by atoms with E-state index in [-0.39, 0.29) is 35.5 Å². The predicted octanol–water partition coefficient (Wildman–Crippen LogP) is 1.36. The van der Waals surface area contributed by atoms with Crippen LogP contribution >= 0.6 is 0 Å². The molecule has 1 aliphatic carbocycles. The number of ether oxygens (including phenoxy) is 1. The van der Waals surface area contributed by atoms with Crippen LogP contribution in [-0.2, 0) is 16.0 Å². The molecule has 3 N–H and O–H groups in total. The van der Waals surface area contributed by atoms with Crippen LogP contribution in [0.25, 0.3) is 0 Å². The summed E-state index contributed by atoms with van der Waals surface area (Å²) < 4.78 is 5.36. The van der Waals surface area contributed by atoms with Crippen LogP contribution < -0.4 is 5.32 Å². The molecule has 0 unspecified atom stereocenters. The Morgan fingerprint density at radius 1 is 1.25 bits per heavy atom. The molecule has 2 aliphatic rings. The molecule has 2 fully saturated rings. The van der Waals surface area contributed by atoms with Gasteiger partial charge in [-0.25, -0.2) is 4.79 Å². The fourth-order valence-corrected chi connectivity index (χ4v) is 3.86. The molecular weight excluding hydrogens is 310 g/mol. The summed E-state index contributed by atoms with van der Waals surface area (Å²) in [6, 6.07) is 6.73. The molecule has 1 spiro atoms. The van der Waals surface area contributed by atoms with Crippen molar-refractivity contribution in [1.29, 1.82) is 0 Å². The Labute approximate surface area is 140 Å². The number of nitrogens with one attached hydrogen (secondary N) is 1. The summed E-state index contributed by atoms with van der Waals surface area (Å²) in [6.07, 6.45) is 2.36. The van der Waals surface area contributed by atoms with Gasteiger partial charge in [0, 0.05) is 31.1 Å². The highest BCUT2D eigenvalue weighted by atomic mass is 16.5. The van der Waals surface area contributed by atoms with E-state index < -0.39 is 5.97 Å². The number of hydrogen-bond donors (Lipinski definition) is 3. The number of aromatic carboxylic acids is 1. The van der Waals surface area contributed by atoms with Crippen LogP contribution in [0.2, 0.25) is 0 Å². The Balaban J connectivity index is 1.56. The monoisotopic (exact) mass is 333 g/mol. The second-order valence-corrected chi connectivity index (χ2v) is 6.68. The maximum Gasteiger partial charge on any atom is 0.335 e. The summed E-state index contributed by atoms with van der Waals surface area (Å²) in [5, 5.41) is 22.3. The van der Waals surface area contributed by atoms with Crippen molar-refractivity contribution in [2.24, 2.45) is 5.41 Å². The van der Waals surface area contributed by atoms with E-state index in [2.05, 4.69) is 5.32 Å². The number of aryl methyl sites for hydroxylation is 1. The molecule has 24 heavy (non-hydrogen) atoms. The molecule has 0 bridgehead atoms. The van der Waals surface area contributed by atoms with Gasteiger partial charge in [0.1, 0.15) is 0 Å². The van der Waals surface area contributed by atoms with Gasteiger partial charge in [-0.1, -0.05) is 18.2 Å². The molecular formula is C18H23NO5. The second kappa shape index (κ2) is 6.91. The lowest BCUT2D eigenvalue weighted by Crippen LogP contribution is -2.65. The zero-order chi connectivity index (χ0) is 17.2. The number of rotatable bonds is 5. The SMILES string of the molecule is O=C(CCc1ccccc1C(=O)O)N[C@@H]1C[C@@H](O)C12CCOCC2. The molecule has 1 aromatic carbocycles. The van der Waals surface area contributed by atoms with Crippen LogP contribution in [0.3, 0.4) is 0 Å². The molecule has 3 rings (SSSR count). The first-order chi connectivity index (χ1) is 11.5. The van der Waals surface area contributed by atoms with Gasteiger partial charge in [-0.15, -0.1) is 0 Å². The van der Waals surface area contributed by atoms with Crippen LogP contribution in [0, 0.1) is 5.41 Å². The molecule has 1 amide bonds. The zero-order valence-corrected chi connectivity index (χ0v) is 13.5. The van der Waals surface area contributed by atoms with E-state index >= 15 is 0 Å². The van der Waals surface area contributed by atoms with Gasteiger partial charge in [0.05, 0.1) is 11.7 Å². The molecule has 2 atom stereocenters. The van der Waals surface area contributed by atoms with Crippen molar-refractivity contribution < 1.29 is 24.5 Å². The number of amides is 1. The first-order valence-electron chi connectivity index (χ1n) is 8.39. The summed E-state index contributed by atoms with van der Waals surface area (Å²) >= 11 is 0. The summed E-state index contributed by atoms with van der Waals surface area (Å²) in [7, 11) is 0. The number of carbonyl (C=O) groups excluding carboxylic acids is 1. The first-order valence-corrected chi connectivity index (χ1v) is 8.39. The largest absolute Gasteiger partial charge is 0.478 e. The molecule has 6 nitrogen and oxygen atoms in total. The molecule has 6 heteroatoms. The second-order valence-electron chi connectivity index (χ2n) is 6.68. The van der Waals surface area contributed by atoms with E-state index in [1.165, 1.54) is 0 Å². The van der Waals surface area contributed by atoms with Gasteiger partial charge in [0.25, 0.3) is 0 Å². The lowest BCUT2D eigenvalue weighted by Gasteiger charge is -2.55. The van der Waals surface area contributed by atoms with E-state index in [4.69, 9.17) is 4.74 Å². The minimum absolute atomic E-state index is 0.0152. The highest BCUT2D eigenvalue weighted by Crippen LogP contribution is 2.48. The maximum absolute atomic E-state index is 12.3. The number of benzene rings is 1. The van der Waals surface area contributed by atoms with Gasteiger partial charge in [-0.05, 0) is 37.3 Å². The fraction of sp³-hybridized carbons (Fsp3) is 0.556. The molecule has 1 saturated carbocycles. The molecule has 1 saturated heterocycles. The molecule has 0 aromatic heterocycles. The van der Waals surface area contributed by atoms with Gasteiger partial charge in [0.15, 0.2) is 0 Å². The van der Waals surface area contributed by atoms with E-state index in [0.29, 0.717) is 31.6 Å². The van der Waals surface area contributed by atoms with Crippen molar-refractivity contribution in [1.82, 2.24) is 5.32 Å². The Morgan fingerprint density at radius 3 is 2.62 bits per heavy atom. The van der Waals surface area contributed by atoms with Crippen molar-refractivity contribution in [3.63, 3.8) is 0 Å². The minimum Gasteiger partial charge on any atom is -0.478 e. The number of aliphatic hydroxyl groups is 1. The summed E-state index contributed by atoms with van der Waals surface area (Å²) in [5.74, 6) is -1.08. The summed E-state index contributed by atoms with van der Waals surface area (Å²) in [6.45, 7) is 1.24. The molecule has 1 aromatic rings. The predicted molar refractivity (Wildman–Crippen MR) is 86.8 cm³/mol. The molecule has 1 aliphatic heterocycles. The third-order valence-electron chi connectivity index (χ3n) is 5.44. The minimum atomic E-state index is -0.978. The number of hydrogen-bond acceptors (Lipinski definition) is 4. The van der Waals surface area contributed by atoms with Crippen LogP contribution in [0.1, 0.15) is 41.6 Å². The Hall–Kier alpha value is -1.92. The fourth-order valence-electron chi connectivity index (χ4n) is 3.86. The van der Waals surface area contributed by atoms with Crippen LogP contribution in [0.4, 0.5) is 0 Å². The normalized spacial score (nSPS) is 25.0. The third-order valence-corrected chi connectivity index (χ3v) is 5.44. The number of carboxylic acids is 1. The van der Waals surface area contributed by atoms with Gasteiger partial charge >= 0.3 is 5.97 Å². The third kappa shape index (κ3) is 3.16. The quantitative estimate of drug-likeness (QED) is 0.756. The lowest BCUT2D eigenvalue weighted by atomic mass is 9.58. The first kappa shape index (κ1) is 16.9. The molecule has 130 valence electrons. The summed E-state index contributed by atoms with van der Waals surface area (Å²) in [4.78, 5) is 23.5. The van der Waals surface area contributed by atoms with Gasteiger partial charge in [-0.3, -0.25) is 4.79 Å². The van der Waals surface area contributed by atoms with E-state index in [9.17, 15) is 19.8 Å². The molecule has 1 heterocycles.